The van der Waals surface area contributed by atoms with Gasteiger partial charge in [0.1, 0.15) is 0 Å². The van der Waals surface area contributed by atoms with Gasteiger partial charge in [-0.1, -0.05) is 0 Å². The predicted octanol–water partition coefficient (Wildman–Crippen LogP) is -2.53. The van der Waals surface area contributed by atoms with Gasteiger partial charge in [-0.05, 0) is 0 Å². The molecule has 0 aromatic heterocycles. The Bertz CT molecular complexity index is 283. The van der Waals surface area contributed by atoms with Crippen molar-refractivity contribution in [1.29, 1.82) is 0 Å². The molecule has 116 valence electrons. The zero-order valence-electron chi connectivity index (χ0n) is 8.89. The van der Waals surface area contributed by atoms with Gasteiger partial charge < -0.3 is 30.6 Å². The molecule has 0 atom stereocenters. The topological polar surface area (TPSA) is 224 Å². The number of aliphatic carboxylic acids is 6. The maximum absolute atomic E-state index is 9.10. The fraction of sp³-hybridized carbons (Fsp3) is 0. The average Bonchev–Trinajstić information content (AvgIpc) is 2.18. The number of carboxylic acid groups (broad SMARTS) is 6. The summed E-state index contributed by atoms with van der Waals surface area (Å²) in [5.74, 6) is -10.9. The molecule has 0 spiro atoms. The van der Waals surface area contributed by atoms with Crippen LogP contribution in [-0.4, -0.2) is 66.5 Å². The first-order valence-electron chi connectivity index (χ1n) is 3.32. The second kappa shape index (κ2) is 18.5. The Balaban J connectivity index is -0.0000000536. The van der Waals surface area contributed by atoms with Crippen LogP contribution in [0.3, 0.4) is 0 Å². The number of hydrogen-bond acceptors (Lipinski definition) is 6. The van der Waals surface area contributed by atoms with E-state index in [0.717, 1.165) is 0 Å². The Morgan fingerprint density at radius 2 is 0.450 bits per heavy atom. The predicted molar refractivity (Wildman–Crippen MR) is 45.8 cm³/mol. The van der Waals surface area contributed by atoms with E-state index in [1.165, 1.54) is 0 Å². The molecule has 0 unspecified atom stereocenters. The Morgan fingerprint density at radius 1 is 0.400 bits per heavy atom. The van der Waals surface area contributed by atoms with Crippen LogP contribution in [0.4, 0.5) is 0 Å². The minimum Gasteiger partial charge on any atom is -0.473 e. The van der Waals surface area contributed by atoms with Gasteiger partial charge in [-0.15, -0.1) is 0 Å². The summed E-state index contributed by atoms with van der Waals surface area (Å²) in [6.07, 6.45) is 0. The summed E-state index contributed by atoms with van der Waals surface area (Å²) in [5.41, 5.74) is 0. The molecule has 6 N–H and O–H groups in total. The molecule has 0 bridgehead atoms. The third kappa shape index (κ3) is 36.0. The van der Waals surface area contributed by atoms with E-state index in [1.54, 1.807) is 0 Å². The Hall–Kier alpha value is -0.518. The minimum absolute atomic E-state index is 0. The van der Waals surface area contributed by atoms with Crippen LogP contribution in [0.15, 0.2) is 0 Å². The molecule has 14 heteroatoms. The molecule has 0 aliphatic rings. The minimum atomic E-state index is -1.82. The molecule has 12 nitrogen and oxygen atoms in total. The molecule has 20 heavy (non-hydrogen) atoms. The van der Waals surface area contributed by atoms with E-state index in [1.807, 2.05) is 0 Å². The van der Waals surface area contributed by atoms with E-state index < -0.39 is 35.8 Å². The summed E-state index contributed by atoms with van der Waals surface area (Å²) in [6.45, 7) is 0. The maximum Gasteiger partial charge on any atom is 0.414 e. The van der Waals surface area contributed by atoms with Crippen LogP contribution < -0.4 is 0 Å². The van der Waals surface area contributed by atoms with Crippen molar-refractivity contribution in [2.45, 2.75) is 0 Å². The molecular formula is C6H6GdO12Sm. The summed E-state index contributed by atoms with van der Waals surface area (Å²) in [5, 5.41) is 44.3. The fourth-order valence-electron chi connectivity index (χ4n) is 0. The van der Waals surface area contributed by atoms with Crippen LogP contribution in [-0.2, 0) is 28.8 Å². The smallest absolute Gasteiger partial charge is 0.414 e. The molecule has 0 rings (SSSR count). The van der Waals surface area contributed by atoms with Gasteiger partial charge in [-0.25, -0.2) is 28.8 Å². The zero-order valence-corrected chi connectivity index (χ0v) is 13.8. The van der Waals surface area contributed by atoms with Crippen LogP contribution in [0.5, 0.6) is 0 Å². The average molecular weight is 578 g/mol. The van der Waals surface area contributed by atoms with Crippen LogP contribution in [0.1, 0.15) is 0 Å². The van der Waals surface area contributed by atoms with Gasteiger partial charge in [0.05, 0.1) is 0 Å². The van der Waals surface area contributed by atoms with Crippen LogP contribution in [0, 0.1) is 80.3 Å². The maximum atomic E-state index is 9.10. The van der Waals surface area contributed by atoms with Crippen LogP contribution in [0.2, 0.25) is 0 Å². The van der Waals surface area contributed by atoms with E-state index in [-0.39, 0.29) is 80.3 Å². The first kappa shape index (κ1) is 31.7. The molecule has 0 saturated carbocycles. The van der Waals surface area contributed by atoms with Gasteiger partial charge in [0.2, 0.25) is 0 Å². The van der Waals surface area contributed by atoms with E-state index >= 15 is 0 Å². The van der Waals surface area contributed by atoms with Crippen molar-refractivity contribution in [3.63, 3.8) is 0 Å². The molecule has 0 aromatic rings. The Morgan fingerprint density at radius 3 is 0.450 bits per heavy atom. The van der Waals surface area contributed by atoms with Crippen LogP contribution >= 0.6 is 0 Å². The summed E-state index contributed by atoms with van der Waals surface area (Å²) in [7, 11) is 0. The SMILES string of the molecule is O=C(O)C(=O)O.O=C(O)C(=O)O.O=C(O)C(=O)O.[Gd].[Sm]. The second-order valence-electron chi connectivity index (χ2n) is 1.83. The first-order valence-corrected chi connectivity index (χ1v) is 3.32. The van der Waals surface area contributed by atoms with Crippen molar-refractivity contribution >= 4 is 35.8 Å². The van der Waals surface area contributed by atoms with Gasteiger partial charge in [-0.2, -0.15) is 0 Å². The van der Waals surface area contributed by atoms with E-state index in [9.17, 15) is 0 Å². The molecule has 0 aliphatic carbocycles. The van der Waals surface area contributed by atoms with E-state index in [4.69, 9.17) is 59.4 Å². The standard InChI is InChI=1S/3C2H2O4.Gd.Sm/c3*3-1(4)2(5)6;;/h3*(H,3,4)(H,5,6);;. The van der Waals surface area contributed by atoms with Crippen molar-refractivity contribution < 1.29 is 140 Å². The summed E-state index contributed by atoms with van der Waals surface area (Å²) >= 11 is 0. The largest absolute Gasteiger partial charge is 0.473 e. The van der Waals surface area contributed by atoms with Crippen molar-refractivity contribution in [3.8, 4) is 0 Å². The molecule has 0 amide bonds. The van der Waals surface area contributed by atoms with Gasteiger partial charge in [-0.3, -0.25) is 0 Å². The summed E-state index contributed by atoms with van der Waals surface area (Å²) in [6, 6.07) is 0. The van der Waals surface area contributed by atoms with Crippen molar-refractivity contribution in [1.82, 2.24) is 0 Å². The Kier molecular flexibility index (Phi) is 29.3. The molecule has 0 radical (unpaired) electrons. The third-order valence-electron chi connectivity index (χ3n) is 0.549. The fourth-order valence-corrected chi connectivity index (χ4v) is 0. The van der Waals surface area contributed by atoms with Crippen molar-refractivity contribution in [3.05, 3.63) is 0 Å². The second-order valence-corrected chi connectivity index (χ2v) is 1.83. The van der Waals surface area contributed by atoms with Crippen molar-refractivity contribution in [2.24, 2.45) is 0 Å². The van der Waals surface area contributed by atoms with Crippen molar-refractivity contribution in [2.75, 3.05) is 0 Å². The number of carboxylic acids is 6. The van der Waals surface area contributed by atoms with Crippen LogP contribution in [0.25, 0.3) is 0 Å². The van der Waals surface area contributed by atoms with E-state index in [0.29, 0.717) is 0 Å². The quantitative estimate of drug-likeness (QED) is 0.164. The van der Waals surface area contributed by atoms with Gasteiger partial charge in [0.25, 0.3) is 0 Å². The van der Waals surface area contributed by atoms with Gasteiger partial charge >= 0.3 is 35.8 Å². The number of rotatable bonds is 0. The molecule has 0 saturated heterocycles. The molecular weight excluding hydrogens is 572 g/mol. The van der Waals surface area contributed by atoms with Gasteiger partial charge in [0, 0.05) is 80.3 Å². The summed E-state index contributed by atoms with van der Waals surface area (Å²) in [4.78, 5) is 54.6. The summed E-state index contributed by atoms with van der Waals surface area (Å²) < 4.78 is 0. The third-order valence-corrected chi connectivity index (χ3v) is 0.549. The van der Waals surface area contributed by atoms with Gasteiger partial charge in [0.15, 0.2) is 0 Å². The monoisotopic (exact) mass is 580 g/mol. The van der Waals surface area contributed by atoms with E-state index in [2.05, 4.69) is 0 Å². The molecule has 0 heterocycles. The first-order chi connectivity index (χ1) is 7.93. The molecule has 0 fully saturated rings. The molecule has 0 aromatic carbocycles. The Labute approximate surface area is 173 Å². The molecule has 0 aliphatic heterocycles. The number of carbonyl (C=O) groups is 6. The number of hydrogen-bond donors (Lipinski definition) is 6. The zero-order chi connectivity index (χ0) is 15.5. The normalized spacial score (nSPS) is 6.60.